The molecule has 0 aromatic heterocycles. The van der Waals surface area contributed by atoms with E-state index in [0.717, 1.165) is 21.7 Å². The lowest BCUT2D eigenvalue weighted by Crippen LogP contribution is -2.63. The van der Waals surface area contributed by atoms with Crippen molar-refractivity contribution in [3.8, 4) is 0 Å². The summed E-state index contributed by atoms with van der Waals surface area (Å²) in [5, 5.41) is 0. The summed E-state index contributed by atoms with van der Waals surface area (Å²) in [5.41, 5.74) is 0. The highest BCUT2D eigenvalue weighted by Gasteiger charge is 2.60. The van der Waals surface area contributed by atoms with E-state index in [0.29, 0.717) is 39.6 Å². The van der Waals surface area contributed by atoms with Gasteiger partial charge in [-0.2, -0.15) is 0 Å². The lowest BCUT2D eigenvalue weighted by Gasteiger charge is -2.44. The lowest BCUT2D eigenvalue weighted by atomic mass is 10.9. The standard InChI is InChI=1S/C20H44O6Si3/c1-11-21-28(22-12-2,23-13-3)19(9)27(17-7,18-8)20(10)29(24-14-4,25-15-5)26-16-6/h9-18H2,1-8H3. The van der Waals surface area contributed by atoms with Crippen LogP contribution in [0.1, 0.15) is 55.4 Å². The summed E-state index contributed by atoms with van der Waals surface area (Å²) >= 11 is 0. The minimum Gasteiger partial charge on any atom is -0.371 e. The monoisotopic (exact) mass is 464 g/mol. The molecular weight excluding hydrogens is 420 g/mol. The lowest BCUT2D eigenvalue weighted by molar-refractivity contribution is 0.0817. The second kappa shape index (κ2) is 14.0. The van der Waals surface area contributed by atoms with Gasteiger partial charge in [-0.05, 0) is 51.2 Å². The van der Waals surface area contributed by atoms with E-state index < -0.39 is 25.7 Å². The maximum atomic E-state index is 6.21. The molecule has 0 bridgehead atoms. The molecule has 9 heteroatoms. The molecule has 0 radical (unpaired) electrons. The van der Waals surface area contributed by atoms with E-state index in [-0.39, 0.29) is 0 Å². The van der Waals surface area contributed by atoms with Gasteiger partial charge in [0.05, 0.1) is 0 Å². The average molecular weight is 465 g/mol. The Hall–Kier alpha value is -0.109. The van der Waals surface area contributed by atoms with E-state index in [4.69, 9.17) is 26.6 Å². The van der Waals surface area contributed by atoms with E-state index >= 15 is 0 Å². The van der Waals surface area contributed by atoms with Crippen molar-refractivity contribution in [1.82, 2.24) is 0 Å². The SMILES string of the molecule is C=C([Si](OCC)(OCC)OCC)[Si](CC)(CC)C(=C)[Si](OCC)(OCC)OCC. The zero-order valence-electron chi connectivity index (χ0n) is 20.0. The molecule has 0 aliphatic heterocycles. The van der Waals surface area contributed by atoms with Crippen LogP contribution in [0.5, 0.6) is 0 Å². The van der Waals surface area contributed by atoms with Crippen molar-refractivity contribution >= 4 is 25.7 Å². The highest BCUT2D eigenvalue weighted by molar-refractivity contribution is 7.12. The molecule has 0 aliphatic carbocycles. The van der Waals surface area contributed by atoms with Gasteiger partial charge in [0, 0.05) is 39.6 Å². The van der Waals surface area contributed by atoms with Gasteiger partial charge in [-0.1, -0.05) is 25.9 Å². The van der Waals surface area contributed by atoms with Crippen molar-refractivity contribution in [1.29, 1.82) is 0 Å². The summed E-state index contributed by atoms with van der Waals surface area (Å²) < 4.78 is 37.2. The van der Waals surface area contributed by atoms with Crippen molar-refractivity contribution < 1.29 is 26.6 Å². The van der Waals surface area contributed by atoms with Gasteiger partial charge in [-0.15, -0.1) is 13.2 Å². The number of rotatable bonds is 18. The molecular formula is C20H44O6Si3. The van der Waals surface area contributed by atoms with Crippen LogP contribution in [-0.2, 0) is 26.6 Å². The first-order valence-electron chi connectivity index (χ1n) is 11.0. The van der Waals surface area contributed by atoms with Crippen molar-refractivity contribution in [2.75, 3.05) is 39.6 Å². The molecule has 0 aliphatic rings. The van der Waals surface area contributed by atoms with Gasteiger partial charge >= 0.3 is 17.6 Å². The Labute approximate surface area is 182 Å². The Kier molecular flexibility index (Phi) is 14.0. The van der Waals surface area contributed by atoms with Crippen molar-refractivity contribution in [3.05, 3.63) is 22.8 Å². The summed E-state index contributed by atoms with van der Waals surface area (Å²) in [6.07, 6.45) is 0. The zero-order valence-corrected chi connectivity index (χ0v) is 23.0. The Morgan fingerprint density at radius 1 is 0.483 bits per heavy atom. The van der Waals surface area contributed by atoms with Gasteiger partial charge in [-0.25, -0.2) is 0 Å². The molecule has 0 saturated heterocycles. The van der Waals surface area contributed by atoms with Crippen molar-refractivity contribution in [2.45, 2.75) is 67.5 Å². The molecule has 172 valence electrons. The molecule has 6 nitrogen and oxygen atoms in total. The van der Waals surface area contributed by atoms with Crippen LogP contribution < -0.4 is 0 Å². The van der Waals surface area contributed by atoms with E-state index in [1.807, 2.05) is 41.5 Å². The van der Waals surface area contributed by atoms with E-state index in [1.54, 1.807) is 0 Å². The molecule has 0 atom stereocenters. The fourth-order valence-electron chi connectivity index (χ4n) is 3.78. The molecule has 0 N–H and O–H groups in total. The molecule has 0 amide bonds. The first-order valence-corrected chi connectivity index (χ1v) is 16.9. The third-order valence-corrected chi connectivity index (χ3v) is 20.0. The second-order valence-electron chi connectivity index (χ2n) is 6.46. The van der Waals surface area contributed by atoms with Crippen LogP contribution in [0.3, 0.4) is 0 Å². The molecule has 29 heavy (non-hydrogen) atoms. The molecule has 0 fully saturated rings. The topological polar surface area (TPSA) is 55.4 Å². The molecule has 0 rings (SSSR count). The Morgan fingerprint density at radius 2 is 0.690 bits per heavy atom. The largest absolute Gasteiger partial charge is 0.528 e. The Balaban J connectivity index is 6.57. The summed E-state index contributed by atoms with van der Waals surface area (Å²) in [6.45, 7) is 28.2. The van der Waals surface area contributed by atoms with Crippen molar-refractivity contribution in [2.24, 2.45) is 0 Å². The van der Waals surface area contributed by atoms with Gasteiger partial charge in [0.25, 0.3) is 0 Å². The summed E-state index contributed by atoms with van der Waals surface area (Å²) in [5.74, 6) is 0. The van der Waals surface area contributed by atoms with Crippen LogP contribution in [0.2, 0.25) is 12.1 Å². The number of hydrogen-bond donors (Lipinski definition) is 0. The average Bonchev–Trinajstić information content (AvgIpc) is 2.70. The van der Waals surface area contributed by atoms with E-state index in [1.165, 1.54) is 0 Å². The predicted molar refractivity (Wildman–Crippen MR) is 126 cm³/mol. The van der Waals surface area contributed by atoms with Crippen LogP contribution in [0.4, 0.5) is 0 Å². The van der Waals surface area contributed by atoms with E-state index in [9.17, 15) is 0 Å². The zero-order chi connectivity index (χ0) is 22.6. The molecule has 0 unspecified atom stereocenters. The summed E-state index contributed by atoms with van der Waals surface area (Å²) in [4.78, 5) is 1.89. The highest BCUT2D eigenvalue weighted by Crippen LogP contribution is 2.41. The minimum atomic E-state index is -3.12. The Morgan fingerprint density at radius 3 is 0.828 bits per heavy atom. The normalized spacial score (nSPS) is 13.0. The first-order chi connectivity index (χ1) is 13.8. The van der Waals surface area contributed by atoms with Crippen LogP contribution in [-0.4, -0.2) is 65.3 Å². The third kappa shape index (κ3) is 6.44. The maximum absolute atomic E-state index is 6.21. The maximum Gasteiger partial charge on any atom is 0.528 e. The molecule has 0 saturated carbocycles. The predicted octanol–water partition coefficient (Wildman–Crippen LogP) is 4.84. The fourth-order valence-corrected chi connectivity index (χ4v) is 19.6. The highest BCUT2D eigenvalue weighted by atomic mass is 28.5. The molecule has 0 aromatic carbocycles. The number of hydrogen-bond acceptors (Lipinski definition) is 6. The van der Waals surface area contributed by atoms with Crippen LogP contribution in [0, 0.1) is 0 Å². The van der Waals surface area contributed by atoms with E-state index in [2.05, 4.69) is 27.0 Å². The van der Waals surface area contributed by atoms with Crippen LogP contribution in [0.25, 0.3) is 0 Å². The van der Waals surface area contributed by atoms with Crippen LogP contribution in [0.15, 0.2) is 22.8 Å². The molecule has 0 aromatic rings. The smallest absolute Gasteiger partial charge is 0.371 e. The molecule has 0 spiro atoms. The quantitative estimate of drug-likeness (QED) is 0.271. The first kappa shape index (κ1) is 28.9. The summed E-state index contributed by atoms with van der Waals surface area (Å²) in [7, 11) is -8.71. The van der Waals surface area contributed by atoms with Crippen LogP contribution >= 0.6 is 0 Å². The Bertz CT molecular complexity index is 423. The summed E-state index contributed by atoms with van der Waals surface area (Å²) in [6, 6.07) is 1.76. The van der Waals surface area contributed by atoms with Gasteiger partial charge in [0.2, 0.25) is 0 Å². The minimum absolute atomic E-state index is 0.501. The van der Waals surface area contributed by atoms with Gasteiger partial charge in [0.15, 0.2) is 0 Å². The van der Waals surface area contributed by atoms with Crippen molar-refractivity contribution in [3.63, 3.8) is 0 Å². The third-order valence-electron chi connectivity index (χ3n) is 5.11. The fraction of sp³-hybridized carbons (Fsp3) is 0.800. The van der Waals surface area contributed by atoms with Gasteiger partial charge < -0.3 is 26.6 Å². The second-order valence-corrected chi connectivity index (χ2v) is 17.4. The molecule has 0 heterocycles. The van der Waals surface area contributed by atoms with Gasteiger partial charge in [-0.3, -0.25) is 0 Å². The van der Waals surface area contributed by atoms with Gasteiger partial charge in [0.1, 0.15) is 8.07 Å².